The average Bonchev–Trinajstić information content (AvgIpc) is 3.04. The van der Waals surface area contributed by atoms with Crippen molar-refractivity contribution in [3.8, 4) is 5.75 Å². The Labute approximate surface area is 218 Å². The molecule has 0 amide bonds. The highest BCUT2D eigenvalue weighted by molar-refractivity contribution is 8.93. The quantitative estimate of drug-likeness (QED) is 0.376. The van der Waals surface area contributed by atoms with E-state index in [9.17, 15) is 9.59 Å². The SMILES string of the molecule is Br.CCc1ccc2c(n1)C(=N)N(CC(=O)c1ccc(OCC(=O)OC(C)(C)C)c(C(C)(C)C)c1)C2. The van der Waals surface area contributed by atoms with Crippen LogP contribution in [-0.4, -0.2) is 46.2 Å². The second-order valence-corrected chi connectivity index (χ2v) is 10.6. The smallest absolute Gasteiger partial charge is 0.344 e. The number of ether oxygens (including phenoxy) is 2. The second kappa shape index (κ2) is 10.9. The first-order valence-corrected chi connectivity index (χ1v) is 11.6. The monoisotopic (exact) mass is 545 g/mol. The van der Waals surface area contributed by atoms with Crippen LogP contribution >= 0.6 is 17.0 Å². The molecule has 3 rings (SSSR count). The zero-order chi connectivity index (χ0) is 25.3. The van der Waals surface area contributed by atoms with Crippen LogP contribution in [0.25, 0.3) is 0 Å². The molecule has 1 aromatic carbocycles. The van der Waals surface area contributed by atoms with E-state index in [0.717, 1.165) is 23.2 Å². The van der Waals surface area contributed by atoms with Gasteiger partial charge in [0.1, 0.15) is 22.9 Å². The molecule has 2 heterocycles. The molecular weight excluding hydrogens is 510 g/mol. The number of pyridine rings is 1. The molecule has 7 nitrogen and oxygen atoms in total. The third kappa shape index (κ3) is 7.13. The van der Waals surface area contributed by atoms with E-state index in [1.807, 2.05) is 66.7 Å². The van der Waals surface area contributed by atoms with E-state index in [4.69, 9.17) is 14.9 Å². The van der Waals surface area contributed by atoms with Gasteiger partial charge >= 0.3 is 5.97 Å². The molecule has 0 atom stereocenters. The summed E-state index contributed by atoms with van der Waals surface area (Å²) in [6.45, 7) is 13.9. The van der Waals surface area contributed by atoms with Gasteiger partial charge in [-0.1, -0.05) is 33.8 Å². The van der Waals surface area contributed by atoms with Crippen LogP contribution in [0.3, 0.4) is 0 Å². The zero-order valence-electron chi connectivity index (χ0n) is 21.7. The molecule has 0 spiro atoms. The van der Waals surface area contributed by atoms with Gasteiger partial charge in [0.25, 0.3) is 0 Å². The number of carbonyl (C=O) groups excluding carboxylic acids is 2. The van der Waals surface area contributed by atoms with Gasteiger partial charge < -0.3 is 14.4 Å². The molecule has 0 saturated heterocycles. The number of aryl methyl sites for hydroxylation is 1. The summed E-state index contributed by atoms with van der Waals surface area (Å²) in [5, 5.41) is 8.50. The van der Waals surface area contributed by atoms with Gasteiger partial charge in [-0.25, -0.2) is 9.78 Å². The van der Waals surface area contributed by atoms with Crippen LogP contribution in [0.4, 0.5) is 0 Å². The van der Waals surface area contributed by atoms with E-state index in [1.165, 1.54) is 0 Å². The Hall–Kier alpha value is -2.74. The number of nitrogens with one attached hydrogen (secondary N) is 1. The molecule has 190 valence electrons. The summed E-state index contributed by atoms with van der Waals surface area (Å²) in [7, 11) is 0. The molecule has 1 aliphatic heterocycles. The number of esters is 1. The summed E-state index contributed by atoms with van der Waals surface area (Å²) in [6.07, 6.45) is 0.803. The Balaban J connectivity index is 0.00000432. The van der Waals surface area contributed by atoms with E-state index < -0.39 is 11.6 Å². The van der Waals surface area contributed by atoms with Crippen molar-refractivity contribution < 1.29 is 19.1 Å². The van der Waals surface area contributed by atoms with Crippen molar-refractivity contribution >= 4 is 34.6 Å². The maximum absolute atomic E-state index is 13.2. The van der Waals surface area contributed by atoms with Gasteiger partial charge in [-0.3, -0.25) is 10.2 Å². The molecule has 8 heteroatoms. The molecule has 0 fully saturated rings. The number of nitrogens with zero attached hydrogens (tertiary/aromatic N) is 2. The minimum atomic E-state index is -0.583. The number of carbonyl (C=O) groups is 2. The van der Waals surface area contributed by atoms with Gasteiger partial charge in [0.2, 0.25) is 0 Å². The number of aromatic nitrogens is 1. The maximum Gasteiger partial charge on any atom is 0.344 e. The minimum Gasteiger partial charge on any atom is -0.482 e. The Bertz CT molecular complexity index is 1120. The standard InChI is InChI=1S/C27H35N3O4.BrH/c1-8-19-11-9-18-14-30(25(28)24(18)29-19)15-21(31)17-10-12-22(20(13-17)26(2,3)4)33-16-23(32)34-27(5,6)7;/h9-13,28H,8,14-16H2,1-7H3;1H. The number of benzene rings is 1. The summed E-state index contributed by atoms with van der Waals surface area (Å²) < 4.78 is 11.1. The van der Waals surface area contributed by atoms with Gasteiger partial charge in [0, 0.05) is 28.9 Å². The van der Waals surface area contributed by atoms with E-state index in [1.54, 1.807) is 17.0 Å². The number of rotatable bonds is 7. The first kappa shape index (κ1) is 28.5. The van der Waals surface area contributed by atoms with Crippen molar-refractivity contribution in [3.63, 3.8) is 0 Å². The summed E-state index contributed by atoms with van der Waals surface area (Å²) in [4.78, 5) is 31.6. The van der Waals surface area contributed by atoms with Gasteiger partial charge in [-0.15, -0.1) is 17.0 Å². The highest BCUT2D eigenvalue weighted by Crippen LogP contribution is 2.33. The van der Waals surface area contributed by atoms with Crippen molar-refractivity contribution in [2.24, 2.45) is 0 Å². The van der Waals surface area contributed by atoms with Crippen LogP contribution in [0.5, 0.6) is 5.75 Å². The fraction of sp³-hybridized carbons (Fsp3) is 0.481. The Morgan fingerprint density at radius 2 is 1.77 bits per heavy atom. The van der Waals surface area contributed by atoms with Crippen molar-refractivity contribution in [1.29, 1.82) is 5.41 Å². The van der Waals surface area contributed by atoms with Crippen LogP contribution < -0.4 is 4.74 Å². The lowest BCUT2D eigenvalue weighted by atomic mass is 9.85. The Morgan fingerprint density at radius 3 is 2.37 bits per heavy atom. The molecule has 0 aliphatic carbocycles. The predicted octanol–water partition coefficient (Wildman–Crippen LogP) is 5.26. The number of fused-ring (bicyclic) bond motifs is 1. The average molecular weight is 547 g/mol. The van der Waals surface area contributed by atoms with E-state index >= 15 is 0 Å². The summed E-state index contributed by atoms with van der Waals surface area (Å²) >= 11 is 0. The van der Waals surface area contributed by atoms with Crippen molar-refractivity contribution in [2.45, 2.75) is 72.4 Å². The predicted molar refractivity (Wildman–Crippen MR) is 142 cm³/mol. The Morgan fingerprint density at radius 1 is 1.09 bits per heavy atom. The molecular formula is C27H36BrN3O4. The third-order valence-electron chi connectivity index (χ3n) is 5.51. The lowest BCUT2D eigenvalue weighted by Gasteiger charge is -2.25. The highest BCUT2D eigenvalue weighted by atomic mass is 79.9. The van der Waals surface area contributed by atoms with Crippen molar-refractivity contribution in [2.75, 3.05) is 13.2 Å². The lowest BCUT2D eigenvalue weighted by molar-refractivity contribution is -0.157. The molecule has 1 aromatic heterocycles. The number of halogens is 1. The minimum absolute atomic E-state index is 0. The summed E-state index contributed by atoms with van der Waals surface area (Å²) in [5.41, 5.74) is 3.05. The summed E-state index contributed by atoms with van der Waals surface area (Å²) in [6, 6.07) is 9.24. The zero-order valence-corrected chi connectivity index (χ0v) is 23.4. The first-order chi connectivity index (χ1) is 15.8. The summed E-state index contributed by atoms with van der Waals surface area (Å²) in [5.74, 6) is 0.302. The number of amidine groups is 1. The second-order valence-electron chi connectivity index (χ2n) is 10.6. The van der Waals surface area contributed by atoms with Crippen molar-refractivity contribution in [1.82, 2.24) is 9.88 Å². The van der Waals surface area contributed by atoms with Crippen LogP contribution in [0.2, 0.25) is 0 Å². The lowest BCUT2D eigenvalue weighted by Crippen LogP contribution is -2.30. The van der Waals surface area contributed by atoms with Crippen LogP contribution in [-0.2, 0) is 27.9 Å². The third-order valence-corrected chi connectivity index (χ3v) is 5.51. The number of Topliss-reactive ketones (excluding diaryl/α,β-unsaturated/α-hetero) is 1. The normalized spacial score (nSPS) is 13.2. The molecule has 0 bridgehead atoms. The molecule has 0 unspecified atom stereocenters. The van der Waals surface area contributed by atoms with Crippen molar-refractivity contribution in [3.05, 3.63) is 58.4 Å². The van der Waals surface area contributed by atoms with E-state index in [2.05, 4.69) is 4.98 Å². The molecule has 0 saturated carbocycles. The number of hydrogen-bond acceptors (Lipinski definition) is 6. The van der Waals surface area contributed by atoms with E-state index in [-0.39, 0.29) is 47.2 Å². The van der Waals surface area contributed by atoms with Crippen LogP contribution in [0.15, 0.2) is 30.3 Å². The Kier molecular flexibility index (Phi) is 8.87. The largest absolute Gasteiger partial charge is 0.482 e. The highest BCUT2D eigenvalue weighted by Gasteiger charge is 2.29. The van der Waals surface area contributed by atoms with Gasteiger partial charge in [0.15, 0.2) is 12.4 Å². The maximum atomic E-state index is 13.2. The van der Waals surface area contributed by atoms with Gasteiger partial charge in [-0.05, 0) is 56.9 Å². The molecule has 2 aromatic rings. The molecule has 1 aliphatic rings. The molecule has 0 radical (unpaired) electrons. The molecule has 35 heavy (non-hydrogen) atoms. The van der Waals surface area contributed by atoms with Crippen LogP contribution in [0, 0.1) is 5.41 Å². The van der Waals surface area contributed by atoms with Gasteiger partial charge in [-0.2, -0.15) is 0 Å². The number of ketones is 1. The fourth-order valence-corrected chi connectivity index (χ4v) is 3.82. The van der Waals surface area contributed by atoms with E-state index in [0.29, 0.717) is 23.6 Å². The molecule has 1 N–H and O–H groups in total. The fourth-order valence-electron chi connectivity index (χ4n) is 3.82. The van der Waals surface area contributed by atoms with Crippen LogP contribution in [0.1, 0.15) is 81.3 Å². The first-order valence-electron chi connectivity index (χ1n) is 11.6. The number of hydrogen-bond donors (Lipinski definition) is 1. The van der Waals surface area contributed by atoms with Gasteiger partial charge in [0.05, 0.1) is 6.54 Å². The topological polar surface area (TPSA) is 92.6 Å².